The molecule has 0 radical (unpaired) electrons. The number of carbonyl (C=O) groups is 1. The normalized spacial score (nSPS) is 15.8. The summed E-state index contributed by atoms with van der Waals surface area (Å²) in [5.41, 5.74) is 3.25. The van der Waals surface area contributed by atoms with Crippen LogP contribution in [-0.2, 0) is 4.79 Å². The Labute approximate surface area is 148 Å². The highest BCUT2D eigenvalue weighted by molar-refractivity contribution is 5.96. The van der Waals surface area contributed by atoms with Crippen molar-refractivity contribution in [1.82, 2.24) is 9.88 Å². The number of hydrogen-bond acceptors (Lipinski definition) is 5. The van der Waals surface area contributed by atoms with Gasteiger partial charge in [-0.3, -0.25) is 14.7 Å². The summed E-state index contributed by atoms with van der Waals surface area (Å²) in [6.45, 7) is 4.00. The molecule has 3 rings (SSSR count). The molecule has 1 N–H and O–H groups in total. The molecule has 134 valence electrons. The van der Waals surface area contributed by atoms with E-state index in [0.29, 0.717) is 6.04 Å². The summed E-state index contributed by atoms with van der Waals surface area (Å²) >= 11 is 0. The zero-order valence-corrected chi connectivity index (χ0v) is 15.0. The van der Waals surface area contributed by atoms with Crippen molar-refractivity contribution in [3.8, 4) is 5.75 Å². The van der Waals surface area contributed by atoms with Crippen molar-refractivity contribution >= 4 is 22.6 Å². The van der Waals surface area contributed by atoms with Crippen LogP contribution >= 0.6 is 0 Å². The molecule has 2 heterocycles. The number of benzene rings is 1. The Hall–Kier alpha value is -2.34. The fourth-order valence-electron chi connectivity index (χ4n) is 3.74. The molecule has 1 aliphatic heterocycles. The third kappa shape index (κ3) is 3.54. The fraction of sp³-hybridized carbons (Fsp3) is 0.474. The molecule has 25 heavy (non-hydrogen) atoms. The number of aryl methyl sites for hydroxylation is 1. The summed E-state index contributed by atoms with van der Waals surface area (Å²) in [5.74, 6) is 0.0165. The number of para-hydroxylation sites is 1. The Kier molecular flexibility index (Phi) is 5.08. The largest absolute Gasteiger partial charge is 0.494 e. The van der Waals surface area contributed by atoms with Crippen molar-refractivity contribution in [3.63, 3.8) is 0 Å². The maximum Gasteiger partial charge on any atom is 0.317 e. The average Bonchev–Trinajstić information content (AvgIpc) is 2.60. The van der Waals surface area contributed by atoms with Crippen LogP contribution in [0.3, 0.4) is 0 Å². The summed E-state index contributed by atoms with van der Waals surface area (Å²) in [4.78, 5) is 19.8. The lowest BCUT2D eigenvalue weighted by Crippen LogP contribution is -2.45. The highest BCUT2D eigenvalue weighted by Gasteiger charge is 2.25. The Morgan fingerprint density at radius 2 is 2.12 bits per heavy atom. The molecule has 1 aromatic heterocycles. The first-order valence-corrected chi connectivity index (χ1v) is 8.60. The molecule has 0 bridgehead atoms. The minimum Gasteiger partial charge on any atom is -0.494 e. The Bertz CT molecular complexity index is 770. The number of aromatic nitrogens is 1. The van der Waals surface area contributed by atoms with Crippen molar-refractivity contribution in [2.75, 3.05) is 38.7 Å². The molecule has 0 unspecified atom stereocenters. The van der Waals surface area contributed by atoms with Crippen LogP contribution in [0.5, 0.6) is 5.75 Å². The summed E-state index contributed by atoms with van der Waals surface area (Å²) in [5, 5.41) is 10.1. The number of aliphatic carboxylic acids is 1. The first-order chi connectivity index (χ1) is 12.0. The zero-order chi connectivity index (χ0) is 18.0. The van der Waals surface area contributed by atoms with E-state index >= 15 is 0 Å². The second kappa shape index (κ2) is 7.27. The lowest BCUT2D eigenvalue weighted by molar-refractivity contribution is -0.138. The van der Waals surface area contributed by atoms with E-state index in [9.17, 15) is 4.79 Å². The number of rotatable bonds is 5. The molecule has 1 aromatic carbocycles. The lowest BCUT2D eigenvalue weighted by Gasteiger charge is -2.38. The van der Waals surface area contributed by atoms with Crippen LogP contribution in [0.4, 0.5) is 5.69 Å². The second-order valence-electron chi connectivity index (χ2n) is 6.67. The van der Waals surface area contributed by atoms with E-state index in [-0.39, 0.29) is 6.54 Å². The Morgan fingerprint density at radius 1 is 1.40 bits per heavy atom. The van der Waals surface area contributed by atoms with E-state index in [2.05, 4.69) is 22.9 Å². The van der Waals surface area contributed by atoms with Gasteiger partial charge in [-0.25, -0.2) is 0 Å². The molecule has 0 amide bonds. The van der Waals surface area contributed by atoms with Gasteiger partial charge in [0, 0.05) is 30.7 Å². The number of pyridine rings is 1. The Morgan fingerprint density at radius 3 is 2.76 bits per heavy atom. The van der Waals surface area contributed by atoms with Crippen LogP contribution in [0, 0.1) is 6.92 Å². The van der Waals surface area contributed by atoms with Crippen LogP contribution in [0.25, 0.3) is 10.9 Å². The van der Waals surface area contributed by atoms with E-state index in [1.807, 2.05) is 30.3 Å². The Balaban J connectivity index is 1.84. The second-order valence-corrected chi connectivity index (χ2v) is 6.67. The highest BCUT2D eigenvalue weighted by Crippen LogP contribution is 2.35. The average molecular weight is 343 g/mol. The third-order valence-electron chi connectivity index (χ3n) is 5.02. The van der Waals surface area contributed by atoms with Gasteiger partial charge in [0.15, 0.2) is 0 Å². The number of methoxy groups -OCH3 is 1. The topological polar surface area (TPSA) is 65.9 Å². The molecule has 0 atom stereocenters. The number of anilines is 1. The molecule has 1 aliphatic rings. The maximum absolute atomic E-state index is 10.9. The third-order valence-corrected chi connectivity index (χ3v) is 5.02. The summed E-state index contributed by atoms with van der Waals surface area (Å²) in [6, 6.07) is 6.34. The SMILES string of the molecule is COc1cccc2c(N3CCC(N(C)CC(=O)O)CC3)c(C)cnc12. The van der Waals surface area contributed by atoms with Gasteiger partial charge in [0.2, 0.25) is 0 Å². The number of ether oxygens (including phenoxy) is 1. The van der Waals surface area contributed by atoms with Gasteiger partial charge in [0.1, 0.15) is 11.3 Å². The number of carboxylic acids is 1. The number of likely N-dealkylation sites (N-methyl/N-ethyl adjacent to an activating group) is 1. The molecule has 0 spiro atoms. The van der Waals surface area contributed by atoms with Gasteiger partial charge >= 0.3 is 5.97 Å². The summed E-state index contributed by atoms with van der Waals surface area (Å²) in [6.07, 6.45) is 3.82. The maximum atomic E-state index is 10.9. The molecule has 6 nitrogen and oxygen atoms in total. The van der Waals surface area contributed by atoms with Gasteiger partial charge in [-0.2, -0.15) is 0 Å². The highest BCUT2D eigenvalue weighted by atomic mass is 16.5. The van der Waals surface area contributed by atoms with E-state index in [0.717, 1.165) is 48.1 Å². The lowest BCUT2D eigenvalue weighted by atomic mass is 10.0. The van der Waals surface area contributed by atoms with Gasteiger partial charge in [0.05, 0.1) is 19.3 Å². The van der Waals surface area contributed by atoms with Crippen molar-refractivity contribution in [1.29, 1.82) is 0 Å². The van der Waals surface area contributed by atoms with Crippen LogP contribution in [0.15, 0.2) is 24.4 Å². The van der Waals surface area contributed by atoms with E-state index in [1.54, 1.807) is 7.11 Å². The number of hydrogen-bond donors (Lipinski definition) is 1. The van der Waals surface area contributed by atoms with Gasteiger partial charge in [-0.05, 0) is 38.4 Å². The summed E-state index contributed by atoms with van der Waals surface area (Å²) < 4.78 is 5.45. The molecule has 0 aliphatic carbocycles. The molecule has 6 heteroatoms. The number of nitrogens with zero attached hydrogens (tertiary/aromatic N) is 3. The minimum atomic E-state index is -0.770. The summed E-state index contributed by atoms with van der Waals surface area (Å²) in [7, 11) is 3.56. The van der Waals surface area contributed by atoms with E-state index in [1.165, 1.54) is 5.69 Å². The molecule has 2 aromatic rings. The fourth-order valence-corrected chi connectivity index (χ4v) is 3.74. The van der Waals surface area contributed by atoms with Crippen LogP contribution < -0.4 is 9.64 Å². The van der Waals surface area contributed by atoms with Crippen LogP contribution in [0.1, 0.15) is 18.4 Å². The predicted molar refractivity (Wildman–Crippen MR) is 98.5 cm³/mol. The van der Waals surface area contributed by atoms with Gasteiger partial charge in [-0.15, -0.1) is 0 Å². The smallest absolute Gasteiger partial charge is 0.317 e. The first-order valence-electron chi connectivity index (χ1n) is 8.60. The molecular weight excluding hydrogens is 318 g/mol. The van der Waals surface area contributed by atoms with Gasteiger partial charge in [-0.1, -0.05) is 12.1 Å². The molecule has 1 saturated heterocycles. The molecule has 1 fully saturated rings. The van der Waals surface area contributed by atoms with Crippen LogP contribution in [0.2, 0.25) is 0 Å². The van der Waals surface area contributed by atoms with E-state index in [4.69, 9.17) is 9.84 Å². The number of fused-ring (bicyclic) bond motifs is 1. The molecule has 0 saturated carbocycles. The monoisotopic (exact) mass is 343 g/mol. The van der Waals surface area contributed by atoms with Crippen molar-refractivity contribution in [2.45, 2.75) is 25.8 Å². The number of carboxylic acid groups (broad SMARTS) is 1. The van der Waals surface area contributed by atoms with Crippen molar-refractivity contribution < 1.29 is 14.6 Å². The quantitative estimate of drug-likeness (QED) is 0.900. The predicted octanol–water partition coefficient (Wildman–Crippen LogP) is 2.54. The van der Waals surface area contributed by atoms with Gasteiger partial charge in [0.25, 0.3) is 0 Å². The zero-order valence-electron chi connectivity index (χ0n) is 15.0. The molecular formula is C19H25N3O3. The number of piperidine rings is 1. The van der Waals surface area contributed by atoms with Crippen molar-refractivity contribution in [3.05, 3.63) is 30.0 Å². The van der Waals surface area contributed by atoms with Crippen LogP contribution in [-0.4, -0.2) is 60.8 Å². The van der Waals surface area contributed by atoms with Gasteiger partial charge < -0.3 is 14.7 Å². The van der Waals surface area contributed by atoms with E-state index < -0.39 is 5.97 Å². The standard InChI is InChI=1S/C19H25N3O3/c1-13-11-20-18-15(5-4-6-16(18)25-3)19(13)22-9-7-14(8-10-22)21(2)12-17(23)24/h4-6,11,14H,7-10,12H2,1-3H3,(H,23,24). The first kappa shape index (κ1) is 17.5. The minimum absolute atomic E-state index is 0.0963. The van der Waals surface area contributed by atoms with Crippen molar-refractivity contribution in [2.24, 2.45) is 0 Å².